The Balaban J connectivity index is 1.27. The highest BCUT2D eigenvalue weighted by atomic mass is 35.5. The van der Waals surface area contributed by atoms with E-state index in [9.17, 15) is 9.59 Å². The minimum Gasteiger partial charge on any atom is -0.366 e. The summed E-state index contributed by atoms with van der Waals surface area (Å²) >= 11 is 8.12. The number of anilines is 1. The number of hydrogen-bond acceptors (Lipinski definition) is 5. The number of primary amides is 1. The van der Waals surface area contributed by atoms with Crippen molar-refractivity contribution < 1.29 is 9.59 Å². The molecule has 0 bridgehead atoms. The van der Waals surface area contributed by atoms with Crippen molar-refractivity contribution in [2.75, 3.05) is 31.5 Å². The minimum atomic E-state index is -0.484. The summed E-state index contributed by atoms with van der Waals surface area (Å²) in [5, 5.41) is 3.70. The highest BCUT2D eigenvalue weighted by Crippen LogP contribution is 2.33. The van der Waals surface area contributed by atoms with Gasteiger partial charge in [0.15, 0.2) is 0 Å². The largest absolute Gasteiger partial charge is 0.366 e. The average Bonchev–Trinajstić information content (AvgIpc) is 3.28. The molecule has 33 heavy (non-hydrogen) atoms. The van der Waals surface area contributed by atoms with E-state index in [1.54, 1.807) is 35.6 Å². The van der Waals surface area contributed by atoms with Crippen molar-refractivity contribution in [3.05, 3.63) is 76.1 Å². The first-order chi connectivity index (χ1) is 15.9. The molecule has 1 unspecified atom stereocenters. The van der Waals surface area contributed by atoms with Gasteiger partial charge in [-0.25, -0.2) is 0 Å². The van der Waals surface area contributed by atoms with Crippen LogP contribution in [-0.4, -0.2) is 53.8 Å². The molecule has 0 aliphatic carbocycles. The highest BCUT2D eigenvalue weighted by Gasteiger charge is 2.26. The molecule has 8 heteroatoms. The SMILES string of the molecule is CC(C(=O)Nc1ccc(C(N)=O)cc1)N1CCN(Cc2ccc(-c3ccccc3Cl)s2)CC1. The van der Waals surface area contributed by atoms with Crippen molar-refractivity contribution in [3.8, 4) is 10.4 Å². The fourth-order valence-corrected chi connectivity index (χ4v) is 5.31. The van der Waals surface area contributed by atoms with Gasteiger partial charge in [0.2, 0.25) is 11.8 Å². The van der Waals surface area contributed by atoms with Gasteiger partial charge in [-0.3, -0.25) is 19.4 Å². The summed E-state index contributed by atoms with van der Waals surface area (Å²) in [6.45, 7) is 6.30. The molecule has 1 aliphatic rings. The van der Waals surface area contributed by atoms with Gasteiger partial charge in [0.05, 0.1) is 6.04 Å². The number of benzene rings is 2. The second-order valence-electron chi connectivity index (χ2n) is 8.16. The summed E-state index contributed by atoms with van der Waals surface area (Å²) in [7, 11) is 0. The van der Waals surface area contributed by atoms with E-state index in [0.717, 1.165) is 43.3 Å². The molecule has 0 spiro atoms. The summed E-state index contributed by atoms with van der Waals surface area (Å²) in [6.07, 6.45) is 0. The van der Waals surface area contributed by atoms with Crippen molar-refractivity contribution in [2.24, 2.45) is 5.73 Å². The zero-order valence-corrected chi connectivity index (χ0v) is 20.0. The van der Waals surface area contributed by atoms with Gasteiger partial charge in [-0.2, -0.15) is 0 Å². The molecule has 1 saturated heterocycles. The van der Waals surface area contributed by atoms with E-state index in [1.165, 1.54) is 9.75 Å². The van der Waals surface area contributed by atoms with E-state index in [-0.39, 0.29) is 11.9 Å². The first-order valence-electron chi connectivity index (χ1n) is 10.9. The summed E-state index contributed by atoms with van der Waals surface area (Å²) in [6, 6.07) is 18.6. The van der Waals surface area contributed by atoms with Gasteiger partial charge in [0, 0.05) is 64.3 Å². The van der Waals surface area contributed by atoms with Crippen LogP contribution in [0.2, 0.25) is 5.02 Å². The number of rotatable bonds is 7. The first-order valence-corrected chi connectivity index (χ1v) is 12.1. The molecule has 3 aromatic rings. The Labute approximate surface area is 203 Å². The number of nitrogens with two attached hydrogens (primary N) is 1. The number of nitrogens with one attached hydrogen (secondary N) is 1. The number of carbonyl (C=O) groups excluding carboxylic acids is 2. The van der Waals surface area contributed by atoms with E-state index < -0.39 is 5.91 Å². The van der Waals surface area contributed by atoms with Crippen LogP contribution in [0.5, 0.6) is 0 Å². The van der Waals surface area contributed by atoms with Crippen LogP contribution in [0, 0.1) is 0 Å². The van der Waals surface area contributed by atoms with Crippen molar-refractivity contribution in [1.29, 1.82) is 0 Å². The summed E-state index contributed by atoms with van der Waals surface area (Å²) in [4.78, 5) is 31.0. The smallest absolute Gasteiger partial charge is 0.248 e. The molecule has 2 aromatic carbocycles. The molecule has 3 N–H and O–H groups in total. The zero-order valence-electron chi connectivity index (χ0n) is 18.5. The molecular weight excluding hydrogens is 456 g/mol. The van der Waals surface area contributed by atoms with Crippen LogP contribution < -0.4 is 11.1 Å². The number of nitrogens with zero attached hydrogens (tertiary/aromatic N) is 2. The van der Waals surface area contributed by atoms with E-state index in [2.05, 4.69) is 33.3 Å². The minimum absolute atomic E-state index is 0.0575. The van der Waals surface area contributed by atoms with Crippen molar-refractivity contribution in [1.82, 2.24) is 9.80 Å². The molecule has 172 valence electrons. The number of amides is 2. The molecule has 1 atom stereocenters. The number of piperazine rings is 1. The third-order valence-electron chi connectivity index (χ3n) is 5.95. The lowest BCUT2D eigenvalue weighted by Crippen LogP contribution is -2.52. The monoisotopic (exact) mass is 482 g/mol. The topological polar surface area (TPSA) is 78.7 Å². The quantitative estimate of drug-likeness (QED) is 0.526. The van der Waals surface area contributed by atoms with Gasteiger partial charge in [0.25, 0.3) is 0 Å². The predicted octanol–water partition coefficient (Wildman–Crippen LogP) is 4.31. The predicted molar refractivity (Wildman–Crippen MR) is 135 cm³/mol. The number of thiophene rings is 1. The Morgan fingerprint density at radius 1 is 1.03 bits per heavy atom. The van der Waals surface area contributed by atoms with Crippen LogP contribution in [0.1, 0.15) is 22.2 Å². The maximum Gasteiger partial charge on any atom is 0.248 e. The second kappa shape index (κ2) is 10.5. The molecule has 1 aromatic heterocycles. The molecule has 0 saturated carbocycles. The average molecular weight is 483 g/mol. The van der Waals surface area contributed by atoms with Gasteiger partial charge in [-0.15, -0.1) is 11.3 Å². The molecule has 6 nitrogen and oxygen atoms in total. The third kappa shape index (κ3) is 5.81. The number of hydrogen-bond donors (Lipinski definition) is 2. The lowest BCUT2D eigenvalue weighted by Gasteiger charge is -2.37. The summed E-state index contributed by atoms with van der Waals surface area (Å²) < 4.78 is 0. The number of carbonyl (C=O) groups is 2. The van der Waals surface area contributed by atoms with Gasteiger partial charge < -0.3 is 11.1 Å². The van der Waals surface area contributed by atoms with Crippen LogP contribution >= 0.6 is 22.9 Å². The second-order valence-corrected chi connectivity index (χ2v) is 9.74. The Bertz CT molecular complexity index is 1120. The molecule has 2 amide bonds. The van der Waals surface area contributed by atoms with Crippen LogP contribution in [0.15, 0.2) is 60.7 Å². The Morgan fingerprint density at radius 2 is 1.73 bits per heavy atom. The first kappa shape index (κ1) is 23.4. The molecule has 0 radical (unpaired) electrons. The standard InChI is InChI=1S/C25H27ClN4O2S/c1-17(25(32)28-19-8-6-18(7-9-19)24(27)31)30-14-12-29(13-15-30)16-20-10-11-23(33-20)21-4-2-3-5-22(21)26/h2-11,17H,12-16H2,1H3,(H2,27,31)(H,28,32). The number of halogens is 1. The molecule has 1 fully saturated rings. The lowest BCUT2D eigenvalue weighted by atomic mass is 10.1. The highest BCUT2D eigenvalue weighted by molar-refractivity contribution is 7.15. The third-order valence-corrected chi connectivity index (χ3v) is 7.38. The summed E-state index contributed by atoms with van der Waals surface area (Å²) in [5.74, 6) is -0.542. The van der Waals surface area contributed by atoms with Gasteiger partial charge in [-0.1, -0.05) is 29.8 Å². The van der Waals surface area contributed by atoms with E-state index in [1.807, 2.05) is 25.1 Å². The van der Waals surface area contributed by atoms with Crippen molar-refractivity contribution in [2.45, 2.75) is 19.5 Å². The van der Waals surface area contributed by atoms with Crippen LogP contribution in [-0.2, 0) is 11.3 Å². The molecule has 1 aliphatic heterocycles. The Kier molecular flexibility index (Phi) is 7.45. The summed E-state index contributed by atoms with van der Waals surface area (Å²) in [5.41, 5.74) is 7.41. The fourth-order valence-electron chi connectivity index (χ4n) is 3.93. The van der Waals surface area contributed by atoms with Gasteiger partial charge in [0.1, 0.15) is 0 Å². The Hall–Kier alpha value is -2.71. The lowest BCUT2D eigenvalue weighted by molar-refractivity contribution is -0.121. The van der Waals surface area contributed by atoms with E-state index in [4.69, 9.17) is 17.3 Å². The normalized spacial score (nSPS) is 15.8. The maximum atomic E-state index is 12.7. The molecule has 4 rings (SSSR count). The van der Waals surface area contributed by atoms with Gasteiger partial charge >= 0.3 is 0 Å². The van der Waals surface area contributed by atoms with E-state index in [0.29, 0.717) is 11.3 Å². The Morgan fingerprint density at radius 3 is 2.39 bits per heavy atom. The fraction of sp³-hybridized carbons (Fsp3) is 0.280. The molecule has 2 heterocycles. The van der Waals surface area contributed by atoms with Crippen LogP contribution in [0.4, 0.5) is 5.69 Å². The van der Waals surface area contributed by atoms with E-state index >= 15 is 0 Å². The van der Waals surface area contributed by atoms with Gasteiger partial charge in [-0.05, 0) is 49.4 Å². The van der Waals surface area contributed by atoms with Crippen molar-refractivity contribution in [3.63, 3.8) is 0 Å². The molecular formula is C25H27ClN4O2S. The van der Waals surface area contributed by atoms with Crippen LogP contribution in [0.25, 0.3) is 10.4 Å². The zero-order chi connectivity index (χ0) is 23.4. The maximum absolute atomic E-state index is 12.7. The van der Waals surface area contributed by atoms with Crippen LogP contribution in [0.3, 0.4) is 0 Å². The van der Waals surface area contributed by atoms with Crippen molar-refractivity contribution >= 4 is 40.4 Å².